The standard InChI is InChI=1S/C23H23N5/c1-16-12-21(8-9-22(16)28-19-4-5-20(28)7-6-19)27-15-25-11-10-23(27)17-2-3-18(13-24)26-14-17/h2-3,8-12,14-15,19-20,23H,4-7H2,1H3. The number of nitriles is 1. The number of pyridine rings is 1. The van der Waals surface area contributed by atoms with Crippen LogP contribution in [0.25, 0.3) is 0 Å². The number of aliphatic imine (C=N–C) groups is 1. The van der Waals surface area contributed by atoms with Crippen molar-refractivity contribution < 1.29 is 0 Å². The van der Waals surface area contributed by atoms with Gasteiger partial charge in [-0.2, -0.15) is 5.26 Å². The molecule has 3 aliphatic heterocycles. The lowest BCUT2D eigenvalue weighted by Crippen LogP contribution is -2.30. The van der Waals surface area contributed by atoms with E-state index in [1.165, 1.54) is 36.9 Å². The Labute approximate surface area is 165 Å². The minimum absolute atomic E-state index is 0.0194. The quantitative estimate of drug-likeness (QED) is 0.799. The second-order valence-electron chi connectivity index (χ2n) is 7.89. The fourth-order valence-corrected chi connectivity index (χ4v) is 4.95. The molecule has 1 unspecified atom stereocenters. The van der Waals surface area contributed by atoms with E-state index in [-0.39, 0.29) is 6.04 Å². The molecule has 0 spiro atoms. The fourth-order valence-electron chi connectivity index (χ4n) is 4.95. The van der Waals surface area contributed by atoms with Crippen molar-refractivity contribution in [2.75, 3.05) is 9.80 Å². The van der Waals surface area contributed by atoms with Gasteiger partial charge in [-0.05, 0) is 74.1 Å². The van der Waals surface area contributed by atoms with Gasteiger partial charge in [0, 0.05) is 35.9 Å². The van der Waals surface area contributed by atoms with Gasteiger partial charge in [-0.3, -0.25) is 0 Å². The number of anilines is 2. The fraction of sp³-hybridized carbons (Fsp3) is 0.348. The summed E-state index contributed by atoms with van der Waals surface area (Å²) >= 11 is 0. The Bertz CT molecular complexity index is 965. The lowest BCUT2D eigenvalue weighted by Gasteiger charge is -2.32. The Balaban J connectivity index is 1.45. The molecule has 5 heteroatoms. The highest BCUT2D eigenvalue weighted by Gasteiger charge is 2.39. The zero-order chi connectivity index (χ0) is 19.1. The largest absolute Gasteiger partial charge is 0.365 e. The molecule has 2 bridgehead atoms. The van der Waals surface area contributed by atoms with Crippen molar-refractivity contribution in [1.82, 2.24) is 4.98 Å². The van der Waals surface area contributed by atoms with Gasteiger partial charge >= 0.3 is 0 Å². The van der Waals surface area contributed by atoms with Gasteiger partial charge in [0.05, 0.1) is 12.4 Å². The van der Waals surface area contributed by atoms with E-state index in [4.69, 9.17) is 5.26 Å². The summed E-state index contributed by atoms with van der Waals surface area (Å²) < 4.78 is 0. The third-order valence-corrected chi connectivity index (χ3v) is 6.30. The molecule has 4 heterocycles. The number of nitrogens with zero attached hydrogens (tertiary/aromatic N) is 5. The average molecular weight is 369 g/mol. The predicted octanol–water partition coefficient (Wildman–Crippen LogP) is 4.50. The number of aryl methyl sites for hydroxylation is 1. The first-order chi connectivity index (χ1) is 13.7. The first-order valence-corrected chi connectivity index (χ1v) is 9.98. The van der Waals surface area contributed by atoms with Crippen molar-refractivity contribution in [3.8, 4) is 6.07 Å². The maximum atomic E-state index is 8.99. The third-order valence-electron chi connectivity index (χ3n) is 6.30. The number of benzene rings is 1. The van der Waals surface area contributed by atoms with Gasteiger partial charge in [0.25, 0.3) is 0 Å². The minimum atomic E-state index is 0.0194. The summed E-state index contributed by atoms with van der Waals surface area (Å²) in [4.78, 5) is 13.4. The van der Waals surface area contributed by atoms with Crippen LogP contribution in [0.1, 0.15) is 48.5 Å². The van der Waals surface area contributed by atoms with Crippen molar-refractivity contribution in [1.29, 1.82) is 5.26 Å². The maximum Gasteiger partial charge on any atom is 0.140 e. The highest BCUT2D eigenvalue weighted by atomic mass is 15.2. The van der Waals surface area contributed by atoms with Crippen molar-refractivity contribution in [2.45, 2.75) is 50.7 Å². The van der Waals surface area contributed by atoms with Crippen LogP contribution >= 0.6 is 0 Å². The van der Waals surface area contributed by atoms with E-state index >= 15 is 0 Å². The van der Waals surface area contributed by atoms with Crippen molar-refractivity contribution in [3.05, 3.63) is 65.6 Å². The first-order valence-electron chi connectivity index (χ1n) is 9.98. The zero-order valence-corrected chi connectivity index (χ0v) is 16.0. The zero-order valence-electron chi connectivity index (χ0n) is 16.0. The minimum Gasteiger partial charge on any atom is -0.365 e. The van der Waals surface area contributed by atoms with Gasteiger partial charge < -0.3 is 9.80 Å². The molecule has 0 amide bonds. The second kappa shape index (κ2) is 6.79. The molecule has 1 aromatic heterocycles. The summed E-state index contributed by atoms with van der Waals surface area (Å²) in [5.74, 6) is 0. The van der Waals surface area contributed by atoms with Crippen LogP contribution in [0.15, 0.2) is 53.8 Å². The molecular weight excluding hydrogens is 346 g/mol. The lowest BCUT2D eigenvalue weighted by molar-refractivity contribution is 0.576. The van der Waals surface area contributed by atoms with E-state index in [1.807, 2.05) is 18.6 Å². The lowest BCUT2D eigenvalue weighted by atomic mass is 10.0. The highest BCUT2D eigenvalue weighted by Crippen LogP contribution is 2.43. The molecule has 0 radical (unpaired) electrons. The number of hydrogen-bond donors (Lipinski definition) is 0. The van der Waals surface area contributed by atoms with Crippen LogP contribution in [-0.2, 0) is 0 Å². The molecule has 2 aromatic rings. The molecular formula is C23H23N5. The molecule has 1 atom stereocenters. The SMILES string of the molecule is Cc1cc(N2C=NC=CC2c2ccc(C#N)nc2)ccc1N1C2CCC1CC2. The summed E-state index contributed by atoms with van der Waals surface area (Å²) in [7, 11) is 0. The number of fused-ring (bicyclic) bond motifs is 2. The highest BCUT2D eigenvalue weighted by molar-refractivity contribution is 5.83. The Kier molecular flexibility index (Phi) is 4.12. The molecule has 28 heavy (non-hydrogen) atoms. The monoisotopic (exact) mass is 369 g/mol. The van der Waals surface area contributed by atoms with Crippen LogP contribution in [0, 0.1) is 18.3 Å². The Morgan fingerprint density at radius 3 is 2.50 bits per heavy atom. The van der Waals surface area contributed by atoms with Gasteiger partial charge in [0.15, 0.2) is 0 Å². The normalized spacial score (nSPS) is 25.4. The average Bonchev–Trinajstić information content (AvgIpc) is 3.34. The topological polar surface area (TPSA) is 55.5 Å². The Morgan fingerprint density at radius 2 is 1.86 bits per heavy atom. The summed E-state index contributed by atoms with van der Waals surface area (Å²) in [6.07, 6.45) is 12.9. The van der Waals surface area contributed by atoms with E-state index in [2.05, 4.69) is 57.0 Å². The second-order valence-corrected chi connectivity index (χ2v) is 7.89. The summed E-state index contributed by atoms with van der Waals surface area (Å²) in [5.41, 5.74) is 5.30. The Morgan fingerprint density at radius 1 is 1.07 bits per heavy atom. The summed E-state index contributed by atoms with van der Waals surface area (Å²) in [6, 6.07) is 14.0. The first kappa shape index (κ1) is 17.0. The molecule has 3 aliphatic rings. The van der Waals surface area contributed by atoms with Crippen LogP contribution in [-0.4, -0.2) is 23.4 Å². The molecule has 1 aromatic carbocycles. The van der Waals surface area contributed by atoms with Crippen LogP contribution in [0.3, 0.4) is 0 Å². The van der Waals surface area contributed by atoms with E-state index in [0.717, 1.165) is 23.3 Å². The van der Waals surface area contributed by atoms with E-state index in [9.17, 15) is 0 Å². The molecule has 140 valence electrons. The van der Waals surface area contributed by atoms with Gasteiger partial charge in [-0.25, -0.2) is 9.98 Å². The molecule has 5 rings (SSSR count). The number of hydrogen-bond acceptors (Lipinski definition) is 5. The van der Waals surface area contributed by atoms with Gasteiger partial charge in [0.1, 0.15) is 11.8 Å². The molecule has 0 aliphatic carbocycles. The van der Waals surface area contributed by atoms with Crippen LogP contribution in [0.4, 0.5) is 11.4 Å². The summed E-state index contributed by atoms with van der Waals surface area (Å²) in [5, 5.41) is 8.99. The summed E-state index contributed by atoms with van der Waals surface area (Å²) in [6.45, 7) is 2.21. The van der Waals surface area contributed by atoms with Crippen molar-refractivity contribution in [3.63, 3.8) is 0 Å². The molecule has 0 saturated carbocycles. The Hall–Kier alpha value is -3.13. The van der Waals surface area contributed by atoms with E-state index < -0.39 is 0 Å². The third kappa shape index (κ3) is 2.77. The van der Waals surface area contributed by atoms with Crippen LogP contribution in [0.2, 0.25) is 0 Å². The molecule has 2 saturated heterocycles. The van der Waals surface area contributed by atoms with Gasteiger partial charge in [0.2, 0.25) is 0 Å². The van der Waals surface area contributed by atoms with E-state index in [1.54, 1.807) is 12.3 Å². The van der Waals surface area contributed by atoms with Gasteiger partial charge in [-0.1, -0.05) is 6.07 Å². The maximum absolute atomic E-state index is 8.99. The van der Waals surface area contributed by atoms with Crippen molar-refractivity contribution in [2.24, 2.45) is 4.99 Å². The smallest absolute Gasteiger partial charge is 0.140 e. The van der Waals surface area contributed by atoms with Gasteiger partial charge in [-0.15, -0.1) is 0 Å². The number of rotatable bonds is 3. The van der Waals surface area contributed by atoms with Crippen molar-refractivity contribution >= 4 is 17.7 Å². The molecule has 0 N–H and O–H groups in total. The van der Waals surface area contributed by atoms with Crippen LogP contribution < -0.4 is 9.80 Å². The van der Waals surface area contributed by atoms with Crippen LogP contribution in [0.5, 0.6) is 0 Å². The van der Waals surface area contributed by atoms with E-state index in [0.29, 0.717) is 5.69 Å². The predicted molar refractivity (Wildman–Crippen MR) is 112 cm³/mol. The molecule has 2 fully saturated rings. The molecule has 5 nitrogen and oxygen atoms in total. The number of aromatic nitrogens is 1.